The third kappa shape index (κ3) is 48.7. The zero-order valence-electron chi connectivity index (χ0n) is 40.7. The van der Waals surface area contributed by atoms with Crippen LogP contribution >= 0.6 is 0 Å². The lowest BCUT2D eigenvalue weighted by Gasteiger charge is -2.20. The molecule has 2 atom stereocenters. The number of carbonyl (C=O) groups excluding carboxylic acids is 1. The molecule has 0 aromatic carbocycles. The van der Waals surface area contributed by atoms with E-state index in [0.717, 1.165) is 57.8 Å². The molecule has 1 amide bonds. The van der Waals surface area contributed by atoms with Gasteiger partial charge in [-0.05, 0) is 64.2 Å². The second-order valence-corrected chi connectivity index (χ2v) is 17.9. The number of aliphatic hydroxyl groups excluding tert-OH is 2. The Bertz CT molecular complexity index is 1050. The first kappa shape index (κ1) is 58.8. The van der Waals surface area contributed by atoms with Gasteiger partial charge >= 0.3 is 0 Å². The monoisotopic (exact) mass is 850 g/mol. The Morgan fingerprint density at radius 2 is 0.721 bits per heavy atom. The minimum atomic E-state index is -0.841. The summed E-state index contributed by atoms with van der Waals surface area (Å²) in [5.74, 6) is -0.0642. The Balaban J connectivity index is 3.51. The first-order chi connectivity index (χ1) is 30.2. The molecule has 0 aromatic rings. The summed E-state index contributed by atoms with van der Waals surface area (Å²) < 4.78 is 0. The standard InChI is InChI=1S/C57H103NO3/c1-3-5-7-9-11-13-15-17-19-21-23-24-25-26-27-28-29-30-31-32-33-34-35-37-39-41-43-45-47-49-51-53-57(61)58-55(54-59)56(60)52-50-48-46-44-42-40-38-36-22-20-18-16-14-12-10-8-6-4-2/h5,7,11,13,17,19,23-24,26-27,50,52,55-56,59-60H,3-4,6,8-10,12,14-16,18,20-22,25,28-49,51,53-54H2,1-2H3,(H,58,61)/b7-5-,13-11-,19-17-,24-23-,27-26-,52-50+. The van der Waals surface area contributed by atoms with E-state index in [1.54, 1.807) is 6.08 Å². The Hall–Kier alpha value is -2.17. The molecule has 0 aliphatic carbocycles. The van der Waals surface area contributed by atoms with Crippen molar-refractivity contribution in [1.82, 2.24) is 5.32 Å². The molecule has 4 nitrogen and oxygen atoms in total. The summed E-state index contributed by atoms with van der Waals surface area (Å²) in [5.41, 5.74) is 0. The molecule has 2 unspecified atom stereocenters. The molecule has 3 N–H and O–H groups in total. The second kappa shape index (κ2) is 52.2. The molecule has 0 aliphatic rings. The van der Waals surface area contributed by atoms with E-state index in [4.69, 9.17) is 0 Å². The number of hydrogen-bond acceptors (Lipinski definition) is 3. The van der Waals surface area contributed by atoms with Gasteiger partial charge in [0.2, 0.25) is 5.91 Å². The number of aliphatic hydroxyl groups is 2. The molecule has 0 saturated heterocycles. The van der Waals surface area contributed by atoms with Crippen molar-refractivity contribution >= 4 is 5.91 Å². The van der Waals surface area contributed by atoms with E-state index >= 15 is 0 Å². The third-order valence-electron chi connectivity index (χ3n) is 11.9. The third-order valence-corrected chi connectivity index (χ3v) is 11.9. The van der Waals surface area contributed by atoms with Crippen LogP contribution in [-0.4, -0.2) is 34.9 Å². The fourth-order valence-corrected chi connectivity index (χ4v) is 7.91. The highest BCUT2D eigenvalue weighted by atomic mass is 16.3. The summed E-state index contributed by atoms with van der Waals surface area (Å²) in [5, 5.41) is 23.1. The van der Waals surface area contributed by atoms with Gasteiger partial charge in [0.25, 0.3) is 0 Å². The van der Waals surface area contributed by atoms with Gasteiger partial charge in [0.15, 0.2) is 0 Å². The smallest absolute Gasteiger partial charge is 0.220 e. The topological polar surface area (TPSA) is 69.6 Å². The van der Waals surface area contributed by atoms with Crippen LogP contribution in [0.3, 0.4) is 0 Å². The first-order valence-corrected chi connectivity index (χ1v) is 26.7. The van der Waals surface area contributed by atoms with Gasteiger partial charge in [-0.2, -0.15) is 0 Å². The van der Waals surface area contributed by atoms with E-state index in [0.29, 0.717) is 6.42 Å². The molecule has 0 bridgehead atoms. The maximum atomic E-state index is 12.5. The zero-order chi connectivity index (χ0) is 44.2. The first-order valence-electron chi connectivity index (χ1n) is 26.7. The van der Waals surface area contributed by atoms with Gasteiger partial charge in [-0.3, -0.25) is 4.79 Å². The van der Waals surface area contributed by atoms with E-state index < -0.39 is 12.1 Å². The highest BCUT2D eigenvalue weighted by molar-refractivity contribution is 5.76. The van der Waals surface area contributed by atoms with Crippen molar-refractivity contribution in [3.8, 4) is 0 Å². The number of hydrogen-bond donors (Lipinski definition) is 3. The molecule has 354 valence electrons. The lowest BCUT2D eigenvalue weighted by Crippen LogP contribution is -2.45. The van der Waals surface area contributed by atoms with E-state index in [2.05, 4.69) is 79.9 Å². The molecule has 0 fully saturated rings. The molecule has 4 heteroatoms. The fourth-order valence-electron chi connectivity index (χ4n) is 7.91. The van der Waals surface area contributed by atoms with E-state index in [1.165, 1.54) is 186 Å². The van der Waals surface area contributed by atoms with Crippen LogP contribution in [0.5, 0.6) is 0 Å². The Kier molecular flexibility index (Phi) is 50.3. The average molecular weight is 850 g/mol. The number of allylic oxidation sites excluding steroid dienone is 11. The van der Waals surface area contributed by atoms with Crippen LogP contribution in [0.15, 0.2) is 72.9 Å². The SMILES string of the molecule is CC/C=C\C/C=C\C/C=C\C/C=C\C/C=C\CCCCCCCCCCCCCCCCCC(=O)NC(CO)C(O)/C=C/CCCCCCCCCCCCCCCCCC. The van der Waals surface area contributed by atoms with Crippen LogP contribution in [0, 0.1) is 0 Å². The highest BCUT2D eigenvalue weighted by Crippen LogP contribution is 2.16. The molecule has 61 heavy (non-hydrogen) atoms. The minimum Gasteiger partial charge on any atom is -0.394 e. The van der Waals surface area contributed by atoms with Gasteiger partial charge in [0.05, 0.1) is 18.8 Å². The van der Waals surface area contributed by atoms with E-state index in [1.807, 2.05) is 6.08 Å². The molecular weight excluding hydrogens is 747 g/mol. The molecular formula is C57H103NO3. The van der Waals surface area contributed by atoms with Crippen LogP contribution < -0.4 is 5.32 Å². The van der Waals surface area contributed by atoms with Crippen LogP contribution in [0.2, 0.25) is 0 Å². The molecule has 0 radical (unpaired) electrons. The predicted molar refractivity (Wildman–Crippen MR) is 271 cm³/mol. The molecule has 0 rings (SSSR count). The fraction of sp³-hybridized carbons (Fsp3) is 0.772. The summed E-state index contributed by atoms with van der Waals surface area (Å²) in [6, 6.07) is -0.625. The molecule has 0 saturated carbocycles. The summed E-state index contributed by atoms with van der Waals surface area (Å²) in [6.07, 6.45) is 74.7. The summed E-state index contributed by atoms with van der Waals surface area (Å²) in [6.45, 7) is 4.21. The van der Waals surface area contributed by atoms with Crippen molar-refractivity contribution in [1.29, 1.82) is 0 Å². The van der Waals surface area contributed by atoms with Crippen LogP contribution in [0.1, 0.15) is 264 Å². The molecule has 0 aliphatic heterocycles. The van der Waals surface area contributed by atoms with Crippen molar-refractivity contribution in [3.63, 3.8) is 0 Å². The Morgan fingerprint density at radius 3 is 1.08 bits per heavy atom. The van der Waals surface area contributed by atoms with Crippen LogP contribution in [0.25, 0.3) is 0 Å². The van der Waals surface area contributed by atoms with Crippen LogP contribution in [0.4, 0.5) is 0 Å². The lowest BCUT2D eigenvalue weighted by atomic mass is 10.0. The van der Waals surface area contributed by atoms with Gasteiger partial charge < -0.3 is 15.5 Å². The van der Waals surface area contributed by atoms with Gasteiger partial charge in [0, 0.05) is 6.42 Å². The van der Waals surface area contributed by atoms with Crippen molar-refractivity contribution in [2.45, 2.75) is 276 Å². The number of amides is 1. The zero-order valence-corrected chi connectivity index (χ0v) is 40.7. The van der Waals surface area contributed by atoms with Gasteiger partial charge in [-0.25, -0.2) is 0 Å². The molecule has 0 aromatic heterocycles. The maximum Gasteiger partial charge on any atom is 0.220 e. The summed E-state index contributed by atoms with van der Waals surface area (Å²) >= 11 is 0. The predicted octanol–water partition coefficient (Wildman–Crippen LogP) is 17.4. The van der Waals surface area contributed by atoms with Gasteiger partial charge in [-0.1, -0.05) is 267 Å². The maximum absolute atomic E-state index is 12.5. The Morgan fingerprint density at radius 1 is 0.410 bits per heavy atom. The van der Waals surface area contributed by atoms with Crippen molar-refractivity contribution in [2.75, 3.05) is 6.61 Å². The average Bonchev–Trinajstić information content (AvgIpc) is 3.26. The number of carbonyl (C=O) groups is 1. The lowest BCUT2D eigenvalue weighted by molar-refractivity contribution is -0.123. The Labute approximate surface area is 380 Å². The largest absolute Gasteiger partial charge is 0.394 e. The number of rotatable bonds is 48. The summed E-state index contributed by atoms with van der Waals surface area (Å²) in [7, 11) is 0. The summed E-state index contributed by atoms with van der Waals surface area (Å²) in [4.78, 5) is 12.5. The van der Waals surface area contributed by atoms with Crippen molar-refractivity contribution in [3.05, 3.63) is 72.9 Å². The van der Waals surface area contributed by atoms with E-state index in [-0.39, 0.29) is 12.5 Å². The highest BCUT2D eigenvalue weighted by Gasteiger charge is 2.18. The van der Waals surface area contributed by atoms with Crippen molar-refractivity contribution in [2.24, 2.45) is 0 Å². The second-order valence-electron chi connectivity index (χ2n) is 17.9. The van der Waals surface area contributed by atoms with Gasteiger partial charge in [-0.15, -0.1) is 0 Å². The van der Waals surface area contributed by atoms with Crippen molar-refractivity contribution < 1.29 is 15.0 Å². The normalized spacial score (nSPS) is 13.4. The minimum absolute atomic E-state index is 0.0642. The number of nitrogens with one attached hydrogen (secondary N) is 1. The van der Waals surface area contributed by atoms with Gasteiger partial charge in [0.1, 0.15) is 0 Å². The molecule has 0 heterocycles. The van der Waals surface area contributed by atoms with Crippen LogP contribution in [-0.2, 0) is 4.79 Å². The van der Waals surface area contributed by atoms with E-state index in [9.17, 15) is 15.0 Å². The quantitative estimate of drug-likeness (QED) is 0.0422. The molecule has 0 spiro atoms. The number of unbranched alkanes of at least 4 members (excludes halogenated alkanes) is 31.